The van der Waals surface area contributed by atoms with Crippen molar-refractivity contribution < 1.29 is 36.6 Å². The number of carbonyl (C=O) groups is 1. The number of ether oxygens (including phenoxy) is 3. The Morgan fingerprint density at radius 2 is 1.88 bits per heavy atom. The van der Waals surface area contributed by atoms with Gasteiger partial charge in [0.15, 0.2) is 17.4 Å². The molecule has 1 aliphatic rings. The second-order valence-electron chi connectivity index (χ2n) is 8.15. The van der Waals surface area contributed by atoms with Crippen LogP contribution in [0.1, 0.15) is 39.0 Å². The van der Waals surface area contributed by atoms with Crippen molar-refractivity contribution in [2.45, 2.75) is 57.7 Å². The van der Waals surface area contributed by atoms with Crippen molar-refractivity contribution in [1.29, 1.82) is 0 Å². The molecule has 0 unspecified atom stereocenters. The molecule has 2 aromatic rings. The normalized spacial score (nSPS) is 20.0. The van der Waals surface area contributed by atoms with Crippen LogP contribution < -0.4 is 15.2 Å². The number of imidazole rings is 1. The van der Waals surface area contributed by atoms with Crippen LogP contribution in [0.4, 0.5) is 17.6 Å². The summed E-state index contributed by atoms with van der Waals surface area (Å²) in [7, 11) is 1.46. The summed E-state index contributed by atoms with van der Waals surface area (Å²) in [4.78, 5) is 15.0. The van der Waals surface area contributed by atoms with Gasteiger partial charge in [-0.3, -0.25) is 9.36 Å². The molecule has 1 fully saturated rings. The molecule has 1 amide bonds. The Kier molecular flexibility index (Phi) is 7.81. The highest BCUT2D eigenvalue weighted by atomic mass is 19.3. The van der Waals surface area contributed by atoms with Gasteiger partial charge in [-0.15, -0.1) is 0 Å². The maximum Gasteiger partial charge on any atom is 0.297 e. The topological polar surface area (TPSA) is 88.6 Å². The third-order valence-electron chi connectivity index (χ3n) is 5.39. The van der Waals surface area contributed by atoms with Gasteiger partial charge in [0.05, 0.1) is 6.10 Å². The van der Waals surface area contributed by atoms with E-state index < -0.39 is 30.4 Å². The van der Waals surface area contributed by atoms with Gasteiger partial charge in [-0.2, -0.15) is 4.98 Å². The number of rotatable bonds is 10. The maximum atomic E-state index is 14.7. The zero-order chi connectivity index (χ0) is 23.4. The van der Waals surface area contributed by atoms with Crippen molar-refractivity contribution in [2.75, 3.05) is 13.2 Å². The third-order valence-corrected chi connectivity index (χ3v) is 5.39. The van der Waals surface area contributed by atoms with Crippen molar-refractivity contribution in [3.05, 3.63) is 17.7 Å². The molecule has 7 nitrogen and oxygen atoms in total. The van der Waals surface area contributed by atoms with E-state index in [2.05, 4.69) is 9.72 Å². The molecule has 1 atom stereocenters. The first-order valence-corrected chi connectivity index (χ1v) is 10.5. The number of nitrogens with two attached hydrogens (primary N) is 1. The van der Waals surface area contributed by atoms with E-state index in [9.17, 15) is 22.4 Å². The fourth-order valence-electron chi connectivity index (χ4n) is 3.79. The first-order chi connectivity index (χ1) is 15.2. The quantitative estimate of drug-likeness (QED) is 0.545. The van der Waals surface area contributed by atoms with Gasteiger partial charge in [0, 0.05) is 26.1 Å². The lowest BCUT2D eigenvalue weighted by atomic mass is 9.95. The highest BCUT2D eigenvalue weighted by molar-refractivity contribution is 5.80. The van der Waals surface area contributed by atoms with Crippen LogP contribution in [-0.2, 0) is 16.6 Å². The molecule has 1 aromatic carbocycles. The van der Waals surface area contributed by atoms with Crippen LogP contribution in [0, 0.1) is 17.6 Å². The standard InChI is InChI=1S/C21H27F4N3O4/c1-11(7-17(26)29)9-30-12-3-5-13(6-4-12)32-21-27-19-14(22)8-15(31-10-16(23)24)18(25)20(19)28(21)2/h8,11-13,16H,3-7,9-10H2,1-2H3,(H2,26,29)/t11-,12?,13?/m1/s1. The zero-order valence-corrected chi connectivity index (χ0v) is 18.0. The second kappa shape index (κ2) is 10.4. The number of alkyl halides is 2. The lowest BCUT2D eigenvalue weighted by Crippen LogP contribution is -2.30. The molecule has 0 radical (unpaired) electrons. The van der Waals surface area contributed by atoms with Crippen molar-refractivity contribution in [1.82, 2.24) is 9.55 Å². The molecule has 0 saturated heterocycles. The van der Waals surface area contributed by atoms with Gasteiger partial charge >= 0.3 is 0 Å². The van der Waals surface area contributed by atoms with E-state index in [4.69, 9.17) is 15.2 Å². The molecule has 0 aliphatic heterocycles. The molecule has 0 spiro atoms. The van der Waals surface area contributed by atoms with Crippen LogP contribution in [0.25, 0.3) is 11.0 Å². The molecule has 2 N–H and O–H groups in total. The number of benzene rings is 1. The van der Waals surface area contributed by atoms with Crippen LogP contribution in [0.5, 0.6) is 11.8 Å². The van der Waals surface area contributed by atoms with E-state index in [1.54, 1.807) is 0 Å². The van der Waals surface area contributed by atoms with Gasteiger partial charge in [0.2, 0.25) is 5.91 Å². The molecule has 1 saturated carbocycles. The number of hydrogen-bond acceptors (Lipinski definition) is 5. The monoisotopic (exact) mass is 461 g/mol. The summed E-state index contributed by atoms with van der Waals surface area (Å²) in [5, 5.41) is 0. The average molecular weight is 461 g/mol. The van der Waals surface area contributed by atoms with E-state index in [1.807, 2.05) is 6.92 Å². The maximum absolute atomic E-state index is 14.7. The number of amides is 1. The molecule has 1 aliphatic carbocycles. The minimum absolute atomic E-state index is 0.0308. The SMILES string of the molecule is C[C@@H](COC1CCC(Oc2nc3c(F)cc(OCC(F)F)c(F)c3n2C)CC1)CC(N)=O. The van der Waals surface area contributed by atoms with E-state index in [-0.39, 0.29) is 47.5 Å². The zero-order valence-electron chi connectivity index (χ0n) is 18.0. The number of carbonyl (C=O) groups excluding carboxylic acids is 1. The Labute approximate surface area is 182 Å². The van der Waals surface area contributed by atoms with Crippen LogP contribution in [0.15, 0.2) is 6.07 Å². The largest absolute Gasteiger partial charge is 0.484 e. The summed E-state index contributed by atoms with van der Waals surface area (Å²) in [6.07, 6.45) is 0.0525. The van der Waals surface area contributed by atoms with E-state index in [0.29, 0.717) is 25.5 Å². The van der Waals surface area contributed by atoms with Crippen molar-refractivity contribution in [3.8, 4) is 11.8 Å². The first kappa shape index (κ1) is 24.1. The Morgan fingerprint density at radius 3 is 2.50 bits per heavy atom. The summed E-state index contributed by atoms with van der Waals surface area (Å²) in [6.45, 7) is 1.29. The van der Waals surface area contributed by atoms with Gasteiger partial charge in [0.1, 0.15) is 23.7 Å². The minimum Gasteiger partial charge on any atom is -0.484 e. The van der Waals surface area contributed by atoms with Gasteiger partial charge in [-0.05, 0) is 31.6 Å². The Morgan fingerprint density at radius 1 is 1.22 bits per heavy atom. The number of halogens is 4. The van der Waals surface area contributed by atoms with Crippen molar-refractivity contribution in [2.24, 2.45) is 18.7 Å². The number of primary amides is 1. The Hall–Kier alpha value is -2.56. The number of fused-ring (bicyclic) bond motifs is 1. The lowest BCUT2D eigenvalue weighted by molar-refractivity contribution is -0.119. The van der Waals surface area contributed by atoms with Crippen LogP contribution in [-0.4, -0.2) is 47.3 Å². The van der Waals surface area contributed by atoms with E-state index in [0.717, 1.165) is 12.8 Å². The van der Waals surface area contributed by atoms with Crippen molar-refractivity contribution >= 4 is 16.9 Å². The molecule has 32 heavy (non-hydrogen) atoms. The number of nitrogens with zero attached hydrogens (tertiary/aromatic N) is 2. The van der Waals surface area contributed by atoms with Crippen molar-refractivity contribution in [3.63, 3.8) is 0 Å². The third kappa shape index (κ3) is 5.81. The Bertz CT molecular complexity index is 945. The summed E-state index contributed by atoms with van der Waals surface area (Å²) < 4.78 is 71.5. The highest BCUT2D eigenvalue weighted by Gasteiger charge is 2.27. The summed E-state index contributed by atoms with van der Waals surface area (Å²) in [5.41, 5.74) is 4.71. The van der Waals surface area contributed by atoms with E-state index in [1.165, 1.54) is 11.6 Å². The predicted molar refractivity (Wildman–Crippen MR) is 108 cm³/mol. The second-order valence-corrected chi connectivity index (χ2v) is 8.15. The lowest BCUT2D eigenvalue weighted by Gasteiger charge is -2.29. The van der Waals surface area contributed by atoms with Crippen LogP contribution in [0.2, 0.25) is 0 Å². The summed E-state index contributed by atoms with van der Waals surface area (Å²) in [6, 6.07) is 0.738. The smallest absolute Gasteiger partial charge is 0.297 e. The molecule has 0 bridgehead atoms. The van der Waals surface area contributed by atoms with Gasteiger partial charge in [0.25, 0.3) is 12.4 Å². The summed E-state index contributed by atoms with van der Waals surface area (Å²) in [5.74, 6) is -2.79. The van der Waals surface area contributed by atoms with Gasteiger partial charge in [-0.25, -0.2) is 17.6 Å². The molecule has 1 aromatic heterocycles. The number of aromatic nitrogens is 2. The minimum atomic E-state index is -2.82. The molecule has 3 rings (SSSR count). The molecule has 1 heterocycles. The highest BCUT2D eigenvalue weighted by Crippen LogP contribution is 2.33. The number of aryl methyl sites for hydroxylation is 1. The predicted octanol–water partition coefficient (Wildman–Crippen LogP) is 3.71. The summed E-state index contributed by atoms with van der Waals surface area (Å²) >= 11 is 0. The first-order valence-electron chi connectivity index (χ1n) is 10.5. The molecule has 178 valence electrons. The molecular weight excluding hydrogens is 434 g/mol. The van der Waals surface area contributed by atoms with Crippen LogP contribution in [0.3, 0.4) is 0 Å². The van der Waals surface area contributed by atoms with Gasteiger partial charge < -0.3 is 19.9 Å². The molecular formula is C21H27F4N3O4. The number of hydrogen-bond donors (Lipinski definition) is 1. The Balaban J connectivity index is 1.62. The molecule has 11 heteroatoms. The fourth-order valence-corrected chi connectivity index (χ4v) is 3.79. The van der Waals surface area contributed by atoms with E-state index >= 15 is 0 Å². The van der Waals surface area contributed by atoms with Crippen LogP contribution >= 0.6 is 0 Å². The average Bonchev–Trinajstić information content (AvgIpc) is 3.05. The fraction of sp³-hybridized carbons (Fsp3) is 0.619. The van der Waals surface area contributed by atoms with Gasteiger partial charge in [-0.1, -0.05) is 6.92 Å².